The maximum atomic E-state index is 12.7. The first kappa shape index (κ1) is 21.6. The molecule has 6 aromatic rings. The smallest absolute Gasteiger partial charge is 0.294 e. The van der Waals surface area contributed by atoms with E-state index in [1.165, 1.54) is 11.8 Å². The molecule has 0 unspecified atom stereocenters. The van der Waals surface area contributed by atoms with Crippen LogP contribution in [0.5, 0.6) is 0 Å². The number of H-pyrrole nitrogens is 1. The van der Waals surface area contributed by atoms with Gasteiger partial charge in [0.05, 0.1) is 17.3 Å². The van der Waals surface area contributed by atoms with Crippen LogP contribution in [0.2, 0.25) is 5.02 Å². The summed E-state index contributed by atoms with van der Waals surface area (Å²) in [4.78, 5) is 20.2. The normalized spacial score (nSPS) is 11.5. The van der Waals surface area contributed by atoms with E-state index in [0.29, 0.717) is 45.2 Å². The van der Waals surface area contributed by atoms with Crippen molar-refractivity contribution in [2.24, 2.45) is 0 Å². The summed E-state index contributed by atoms with van der Waals surface area (Å²) in [5, 5.41) is 11.0. The molecule has 0 aliphatic carbocycles. The summed E-state index contributed by atoms with van der Waals surface area (Å²) < 4.78 is 7.73. The Morgan fingerprint density at radius 3 is 2.57 bits per heavy atom. The first-order chi connectivity index (χ1) is 17.2. The monoisotopic (exact) mass is 499 g/mol. The van der Waals surface area contributed by atoms with Crippen molar-refractivity contribution in [3.63, 3.8) is 0 Å². The Balaban J connectivity index is 1.37. The number of para-hydroxylation sites is 1. The lowest BCUT2D eigenvalue weighted by Gasteiger charge is -2.11. The van der Waals surface area contributed by atoms with E-state index in [-0.39, 0.29) is 11.1 Å². The molecule has 0 atom stereocenters. The second-order valence-corrected chi connectivity index (χ2v) is 9.28. The van der Waals surface area contributed by atoms with Gasteiger partial charge in [-0.3, -0.25) is 9.36 Å². The van der Waals surface area contributed by atoms with Crippen molar-refractivity contribution in [3.8, 4) is 11.4 Å². The van der Waals surface area contributed by atoms with Crippen LogP contribution in [0.4, 0.5) is 0 Å². The molecule has 0 saturated heterocycles. The lowest BCUT2D eigenvalue weighted by molar-refractivity contribution is 0.660. The zero-order chi connectivity index (χ0) is 23.8. The van der Waals surface area contributed by atoms with Crippen LogP contribution in [-0.4, -0.2) is 24.7 Å². The zero-order valence-corrected chi connectivity index (χ0v) is 19.9. The van der Waals surface area contributed by atoms with Gasteiger partial charge in [0.1, 0.15) is 16.9 Å². The van der Waals surface area contributed by atoms with Gasteiger partial charge < -0.3 is 9.40 Å². The Kier molecular flexibility index (Phi) is 5.60. The molecule has 1 N–H and O–H groups in total. The second kappa shape index (κ2) is 9.05. The Hall–Kier alpha value is -3.88. The topological polar surface area (TPSA) is 89.6 Å². The number of thioether (sulfide) groups is 1. The van der Waals surface area contributed by atoms with Crippen molar-refractivity contribution in [2.75, 3.05) is 0 Å². The van der Waals surface area contributed by atoms with E-state index in [1.807, 2.05) is 71.3 Å². The molecule has 3 aromatic heterocycles. The number of nitrogens with one attached hydrogen (secondary N) is 1. The zero-order valence-electron chi connectivity index (χ0n) is 18.3. The highest BCUT2D eigenvalue weighted by molar-refractivity contribution is 7.98. The number of aromatic amines is 1. The molecule has 9 heteroatoms. The van der Waals surface area contributed by atoms with E-state index in [1.54, 1.807) is 0 Å². The fraction of sp³-hybridized carbons (Fsp3) is 0.0769. The Bertz CT molecular complexity index is 1730. The van der Waals surface area contributed by atoms with Gasteiger partial charge in [-0.05, 0) is 29.8 Å². The summed E-state index contributed by atoms with van der Waals surface area (Å²) in [7, 11) is 0. The third kappa shape index (κ3) is 4.11. The molecule has 0 amide bonds. The molecule has 7 nitrogen and oxygen atoms in total. The average molecular weight is 500 g/mol. The van der Waals surface area contributed by atoms with Crippen LogP contribution < -0.4 is 5.56 Å². The predicted octanol–water partition coefficient (Wildman–Crippen LogP) is 5.92. The summed E-state index contributed by atoms with van der Waals surface area (Å²) in [6.45, 7) is 0.575. The van der Waals surface area contributed by atoms with Crippen LogP contribution in [0, 0.1) is 0 Å². The Labute approximate surface area is 208 Å². The van der Waals surface area contributed by atoms with Gasteiger partial charge in [0.15, 0.2) is 11.0 Å². The van der Waals surface area contributed by atoms with Crippen molar-refractivity contribution < 1.29 is 4.42 Å². The van der Waals surface area contributed by atoms with Gasteiger partial charge in [-0.15, -0.1) is 10.2 Å². The largest absolute Gasteiger partial charge is 0.449 e. The van der Waals surface area contributed by atoms with Gasteiger partial charge >= 0.3 is 0 Å². The summed E-state index contributed by atoms with van der Waals surface area (Å²) in [5.74, 6) is 1.62. The van der Waals surface area contributed by atoms with E-state index in [0.717, 1.165) is 16.5 Å². The molecular formula is C26H18ClN5O2S. The predicted molar refractivity (Wildman–Crippen MR) is 138 cm³/mol. The number of benzene rings is 3. The molecule has 0 saturated carbocycles. The standard InChI is InChI=1S/C26H18ClN5O2S/c27-19-12-6-4-10-17(19)24-30-31-26(32(24)14-16-8-2-1-3-9-16)35-15-21-28-22-18-11-5-7-13-20(18)34-23(22)25(33)29-21/h1-13H,14-15H2,(H,28,29,33). The fourth-order valence-electron chi connectivity index (χ4n) is 3.99. The van der Waals surface area contributed by atoms with Crippen molar-refractivity contribution in [3.05, 3.63) is 106 Å². The first-order valence-corrected chi connectivity index (χ1v) is 12.3. The average Bonchev–Trinajstić information content (AvgIpc) is 3.45. The molecule has 0 spiro atoms. The number of furan rings is 1. The Morgan fingerprint density at radius 2 is 1.71 bits per heavy atom. The summed E-state index contributed by atoms with van der Waals surface area (Å²) in [5.41, 5.74) is 3.04. The van der Waals surface area contributed by atoms with Crippen molar-refractivity contribution in [1.29, 1.82) is 0 Å². The van der Waals surface area contributed by atoms with Crippen LogP contribution in [0.1, 0.15) is 11.4 Å². The lowest BCUT2D eigenvalue weighted by atomic mass is 10.2. The van der Waals surface area contributed by atoms with Crippen LogP contribution in [0.15, 0.2) is 93.2 Å². The molecule has 35 heavy (non-hydrogen) atoms. The first-order valence-electron chi connectivity index (χ1n) is 10.9. The SMILES string of the molecule is O=c1[nH]c(CSc2nnc(-c3ccccc3Cl)n2Cc2ccccc2)nc2c1oc1ccccc12. The number of nitrogens with zero attached hydrogens (tertiary/aromatic N) is 4. The van der Waals surface area contributed by atoms with Crippen LogP contribution >= 0.6 is 23.4 Å². The Morgan fingerprint density at radius 1 is 0.943 bits per heavy atom. The molecule has 0 radical (unpaired) electrons. The van der Waals surface area contributed by atoms with E-state index in [9.17, 15) is 4.79 Å². The number of rotatable bonds is 6. The quantitative estimate of drug-likeness (QED) is 0.286. The van der Waals surface area contributed by atoms with Crippen LogP contribution in [-0.2, 0) is 12.3 Å². The van der Waals surface area contributed by atoms with E-state index >= 15 is 0 Å². The highest BCUT2D eigenvalue weighted by Crippen LogP contribution is 2.31. The van der Waals surface area contributed by atoms with E-state index in [4.69, 9.17) is 16.0 Å². The van der Waals surface area contributed by atoms with Gasteiger partial charge in [-0.25, -0.2) is 4.98 Å². The minimum absolute atomic E-state index is 0.230. The third-order valence-electron chi connectivity index (χ3n) is 5.63. The molecule has 0 bridgehead atoms. The summed E-state index contributed by atoms with van der Waals surface area (Å²) in [6, 6.07) is 25.2. The molecule has 172 valence electrons. The van der Waals surface area contributed by atoms with Gasteiger partial charge in [0.25, 0.3) is 5.56 Å². The lowest BCUT2D eigenvalue weighted by Crippen LogP contribution is -2.10. The van der Waals surface area contributed by atoms with E-state index in [2.05, 4.69) is 32.3 Å². The second-order valence-electron chi connectivity index (χ2n) is 7.94. The molecule has 6 rings (SSSR count). The minimum atomic E-state index is -0.302. The molecular weight excluding hydrogens is 482 g/mol. The van der Waals surface area contributed by atoms with Gasteiger partial charge in [-0.2, -0.15) is 0 Å². The number of hydrogen-bond donors (Lipinski definition) is 1. The minimum Gasteiger partial charge on any atom is -0.449 e. The van der Waals surface area contributed by atoms with Crippen LogP contribution in [0.3, 0.4) is 0 Å². The van der Waals surface area contributed by atoms with Crippen LogP contribution in [0.25, 0.3) is 33.5 Å². The molecule has 0 aliphatic rings. The number of halogens is 1. The summed E-state index contributed by atoms with van der Waals surface area (Å²) in [6.07, 6.45) is 0. The van der Waals surface area contributed by atoms with E-state index < -0.39 is 0 Å². The molecule has 0 aliphatic heterocycles. The number of aromatic nitrogens is 5. The highest BCUT2D eigenvalue weighted by atomic mass is 35.5. The molecule has 3 aromatic carbocycles. The van der Waals surface area contributed by atoms with Gasteiger partial charge in [-0.1, -0.05) is 78.0 Å². The highest BCUT2D eigenvalue weighted by Gasteiger charge is 2.18. The maximum Gasteiger partial charge on any atom is 0.294 e. The molecule has 0 fully saturated rings. The van der Waals surface area contributed by atoms with Gasteiger partial charge in [0, 0.05) is 10.9 Å². The number of fused-ring (bicyclic) bond motifs is 3. The van der Waals surface area contributed by atoms with Crippen molar-refractivity contribution in [2.45, 2.75) is 17.5 Å². The summed E-state index contributed by atoms with van der Waals surface area (Å²) >= 11 is 7.93. The molecule has 3 heterocycles. The third-order valence-corrected chi connectivity index (χ3v) is 6.94. The maximum absolute atomic E-state index is 12.7. The van der Waals surface area contributed by atoms with Crippen molar-refractivity contribution >= 4 is 45.4 Å². The van der Waals surface area contributed by atoms with Gasteiger partial charge in [0.2, 0.25) is 5.58 Å². The number of hydrogen-bond acceptors (Lipinski definition) is 6. The van der Waals surface area contributed by atoms with Crippen molar-refractivity contribution in [1.82, 2.24) is 24.7 Å². The fourth-order valence-corrected chi connectivity index (χ4v) is 5.02.